The van der Waals surface area contributed by atoms with Gasteiger partial charge in [0.1, 0.15) is 0 Å². The molecule has 0 aliphatic heterocycles. The molecule has 0 amide bonds. The Morgan fingerprint density at radius 1 is 1.70 bits per heavy atom. The second-order valence-corrected chi connectivity index (χ2v) is 2.45. The van der Waals surface area contributed by atoms with E-state index in [2.05, 4.69) is 0 Å². The quantitative estimate of drug-likeness (QED) is 0.578. The summed E-state index contributed by atoms with van der Waals surface area (Å²) < 4.78 is 4.92. The molecule has 0 unspecified atom stereocenters. The molecule has 0 spiro atoms. The fourth-order valence-corrected chi connectivity index (χ4v) is 0.376. The molecule has 0 saturated heterocycles. The summed E-state index contributed by atoms with van der Waals surface area (Å²) in [5, 5.41) is 8.50. The van der Waals surface area contributed by atoms with Gasteiger partial charge < -0.3 is 15.6 Å². The second kappa shape index (κ2) is 3.53. The van der Waals surface area contributed by atoms with Gasteiger partial charge in [0.25, 0.3) is 0 Å². The molecule has 0 aliphatic rings. The molecule has 0 radical (unpaired) electrons. The lowest BCUT2D eigenvalue weighted by Gasteiger charge is -2.18. The Hall–Kier alpha value is -0.610. The molecule has 0 bridgehead atoms. The Kier molecular flexibility index (Phi) is 3.32. The van der Waals surface area contributed by atoms with Crippen molar-refractivity contribution in [2.75, 3.05) is 13.2 Å². The van der Waals surface area contributed by atoms with Gasteiger partial charge in [-0.25, -0.2) is 4.79 Å². The van der Waals surface area contributed by atoms with Crippen molar-refractivity contribution < 1.29 is 14.6 Å². The first-order valence-electron chi connectivity index (χ1n) is 3.08. The molecule has 10 heavy (non-hydrogen) atoms. The number of hydrogen-bond acceptors (Lipinski definition) is 3. The van der Waals surface area contributed by atoms with Crippen molar-refractivity contribution in [1.82, 2.24) is 0 Å². The zero-order valence-electron chi connectivity index (χ0n) is 6.26. The van der Waals surface area contributed by atoms with E-state index in [1.54, 1.807) is 0 Å². The fourth-order valence-electron chi connectivity index (χ4n) is 0.376. The Bertz CT molecular complexity index is 122. The highest BCUT2D eigenvalue weighted by molar-refractivity contribution is 5.76. The topological polar surface area (TPSA) is 72.5 Å². The molecule has 0 aromatic carbocycles. The van der Waals surface area contributed by atoms with Crippen molar-refractivity contribution in [1.29, 1.82) is 0 Å². The summed E-state index contributed by atoms with van der Waals surface area (Å²) in [5.74, 6) is -0.971. The first-order valence-corrected chi connectivity index (χ1v) is 3.08. The number of carboxylic acids is 1. The highest BCUT2D eigenvalue weighted by Crippen LogP contribution is 2.07. The van der Waals surface area contributed by atoms with Crippen molar-refractivity contribution in [3.05, 3.63) is 0 Å². The van der Waals surface area contributed by atoms with E-state index >= 15 is 0 Å². The van der Waals surface area contributed by atoms with Crippen LogP contribution in [0.15, 0.2) is 0 Å². The molecule has 60 valence electrons. The lowest BCUT2D eigenvalue weighted by Crippen LogP contribution is -2.36. The van der Waals surface area contributed by atoms with Gasteiger partial charge >= 0.3 is 5.97 Å². The number of nitrogens with two attached hydrogens (primary N) is 1. The van der Waals surface area contributed by atoms with Gasteiger partial charge in [-0.15, -0.1) is 0 Å². The third-order valence-corrected chi connectivity index (χ3v) is 1.10. The van der Waals surface area contributed by atoms with Crippen LogP contribution < -0.4 is 5.73 Å². The smallest absolute Gasteiger partial charge is 0.335 e. The van der Waals surface area contributed by atoms with Gasteiger partial charge in [0, 0.05) is 6.54 Å². The molecular formula is C6H13NO3. The minimum atomic E-state index is -1.11. The summed E-state index contributed by atoms with van der Waals surface area (Å²) in [4.78, 5) is 10.4. The van der Waals surface area contributed by atoms with E-state index in [9.17, 15) is 4.79 Å². The third-order valence-electron chi connectivity index (χ3n) is 1.10. The minimum absolute atomic E-state index is 0.277. The Morgan fingerprint density at radius 2 is 2.20 bits per heavy atom. The van der Waals surface area contributed by atoms with E-state index in [0.717, 1.165) is 0 Å². The van der Waals surface area contributed by atoms with Gasteiger partial charge in [0.15, 0.2) is 5.60 Å². The van der Waals surface area contributed by atoms with Gasteiger partial charge in [-0.1, -0.05) is 0 Å². The molecule has 0 aliphatic carbocycles. The van der Waals surface area contributed by atoms with Crippen LogP contribution in [-0.2, 0) is 9.53 Å². The number of ether oxygens (including phenoxy) is 1. The summed E-state index contributed by atoms with van der Waals surface area (Å²) in [6.45, 7) is 3.60. The normalized spacial score (nSPS) is 11.5. The van der Waals surface area contributed by atoms with Crippen LogP contribution >= 0.6 is 0 Å². The van der Waals surface area contributed by atoms with Crippen molar-refractivity contribution in [3.8, 4) is 0 Å². The SMILES string of the molecule is CC(C)(OCCN)C(=O)O. The summed E-state index contributed by atoms with van der Waals surface area (Å²) >= 11 is 0. The molecule has 0 fully saturated rings. The van der Waals surface area contributed by atoms with Crippen molar-refractivity contribution in [3.63, 3.8) is 0 Å². The van der Waals surface area contributed by atoms with Gasteiger partial charge in [0.2, 0.25) is 0 Å². The van der Waals surface area contributed by atoms with Crippen molar-refractivity contribution >= 4 is 5.97 Å². The zero-order valence-corrected chi connectivity index (χ0v) is 6.26. The van der Waals surface area contributed by atoms with E-state index < -0.39 is 11.6 Å². The Labute approximate surface area is 60.0 Å². The number of rotatable bonds is 4. The molecule has 0 heterocycles. The highest BCUT2D eigenvalue weighted by Gasteiger charge is 2.27. The molecule has 3 N–H and O–H groups in total. The van der Waals surface area contributed by atoms with Crippen LogP contribution in [0.5, 0.6) is 0 Å². The van der Waals surface area contributed by atoms with E-state index in [1.807, 2.05) is 0 Å². The minimum Gasteiger partial charge on any atom is -0.479 e. The van der Waals surface area contributed by atoms with E-state index in [1.165, 1.54) is 13.8 Å². The molecule has 0 saturated carbocycles. The van der Waals surface area contributed by atoms with Gasteiger partial charge in [-0.2, -0.15) is 0 Å². The standard InChI is InChI=1S/C6H13NO3/c1-6(2,5(8)9)10-4-3-7/h3-4,7H2,1-2H3,(H,8,9). The molecule has 0 rings (SSSR count). The summed E-state index contributed by atoms with van der Waals surface area (Å²) in [6, 6.07) is 0. The first kappa shape index (κ1) is 9.39. The average Bonchev–Trinajstić information content (AvgIpc) is 1.84. The van der Waals surface area contributed by atoms with Crippen LogP contribution in [0, 0.1) is 0 Å². The van der Waals surface area contributed by atoms with Crippen LogP contribution in [0.2, 0.25) is 0 Å². The number of carbonyl (C=O) groups is 1. The lowest BCUT2D eigenvalue weighted by molar-refractivity contribution is -0.160. The molecule has 4 nitrogen and oxygen atoms in total. The van der Waals surface area contributed by atoms with Crippen LogP contribution in [0.1, 0.15) is 13.8 Å². The molecular weight excluding hydrogens is 134 g/mol. The van der Waals surface area contributed by atoms with Gasteiger partial charge in [0.05, 0.1) is 6.61 Å². The largest absolute Gasteiger partial charge is 0.479 e. The Balaban J connectivity index is 3.75. The number of hydrogen-bond donors (Lipinski definition) is 2. The third kappa shape index (κ3) is 2.80. The maximum Gasteiger partial charge on any atom is 0.335 e. The zero-order chi connectivity index (χ0) is 8.20. The average molecular weight is 147 g/mol. The molecule has 0 aromatic rings. The van der Waals surface area contributed by atoms with Crippen LogP contribution in [0.4, 0.5) is 0 Å². The summed E-state index contributed by atoms with van der Waals surface area (Å²) in [7, 11) is 0. The summed E-state index contributed by atoms with van der Waals surface area (Å²) in [6.07, 6.45) is 0. The van der Waals surface area contributed by atoms with Crippen LogP contribution in [0.3, 0.4) is 0 Å². The van der Waals surface area contributed by atoms with Gasteiger partial charge in [-0.05, 0) is 13.8 Å². The second-order valence-electron chi connectivity index (χ2n) is 2.45. The summed E-state index contributed by atoms with van der Waals surface area (Å²) in [5.41, 5.74) is 4.01. The van der Waals surface area contributed by atoms with Crippen molar-refractivity contribution in [2.45, 2.75) is 19.4 Å². The maximum absolute atomic E-state index is 10.4. The van der Waals surface area contributed by atoms with E-state index in [4.69, 9.17) is 15.6 Å². The lowest BCUT2D eigenvalue weighted by atomic mass is 10.1. The first-order chi connectivity index (χ1) is 4.50. The predicted molar refractivity (Wildman–Crippen MR) is 36.7 cm³/mol. The molecule has 4 heteroatoms. The van der Waals surface area contributed by atoms with E-state index in [0.29, 0.717) is 6.54 Å². The number of aliphatic carboxylic acids is 1. The van der Waals surface area contributed by atoms with Gasteiger partial charge in [-0.3, -0.25) is 0 Å². The maximum atomic E-state index is 10.4. The molecule has 0 aromatic heterocycles. The van der Waals surface area contributed by atoms with Crippen molar-refractivity contribution in [2.24, 2.45) is 5.73 Å². The Morgan fingerprint density at radius 3 is 2.50 bits per heavy atom. The predicted octanol–water partition coefficient (Wildman–Crippen LogP) is -0.175. The van der Waals surface area contributed by atoms with E-state index in [-0.39, 0.29) is 6.61 Å². The molecule has 0 atom stereocenters. The number of carboxylic acid groups (broad SMARTS) is 1. The van der Waals surface area contributed by atoms with Crippen LogP contribution in [-0.4, -0.2) is 29.8 Å². The fraction of sp³-hybridized carbons (Fsp3) is 0.833. The van der Waals surface area contributed by atoms with Crippen LogP contribution in [0.25, 0.3) is 0 Å². The monoisotopic (exact) mass is 147 g/mol. The highest BCUT2D eigenvalue weighted by atomic mass is 16.5.